The molecule has 0 aliphatic carbocycles. The van der Waals surface area contributed by atoms with Crippen molar-refractivity contribution in [2.75, 3.05) is 13.1 Å². The summed E-state index contributed by atoms with van der Waals surface area (Å²) in [5, 5.41) is 0. The van der Waals surface area contributed by atoms with E-state index in [1.54, 1.807) is 6.08 Å². The van der Waals surface area contributed by atoms with Crippen LogP contribution in [0.15, 0.2) is 53.9 Å². The van der Waals surface area contributed by atoms with Crippen LogP contribution in [0.25, 0.3) is 6.08 Å². The number of carbonyl (C=O) groups excluding carboxylic acids is 2. The number of hydrogen-bond donors (Lipinski definition) is 0. The summed E-state index contributed by atoms with van der Waals surface area (Å²) < 4.78 is 0. The highest BCUT2D eigenvalue weighted by Gasteiger charge is 2.36. The summed E-state index contributed by atoms with van der Waals surface area (Å²) in [6.45, 7) is 23.6. The number of rotatable bonds is 5. The highest BCUT2D eigenvalue weighted by atomic mass is 16.1. The molecule has 196 valence electrons. The maximum Gasteiger partial charge on any atom is 0.191 e. The van der Waals surface area contributed by atoms with Gasteiger partial charge in [0.25, 0.3) is 0 Å². The van der Waals surface area contributed by atoms with Crippen LogP contribution < -0.4 is 0 Å². The Bertz CT molecular complexity index is 1090. The van der Waals surface area contributed by atoms with Crippen molar-refractivity contribution in [2.24, 2.45) is 10.8 Å². The average Bonchev–Trinajstić information content (AvgIpc) is 2.75. The van der Waals surface area contributed by atoms with Gasteiger partial charge in [0.1, 0.15) is 0 Å². The Labute approximate surface area is 219 Å². The van der Waals surface area contributed by atoms with Crippen LogP contribution >= 0.6 is 0 Å². The molecule has 0 amide bonds. The van der Waals surface area contributed by atoms with Crippen LogP contribution in [-0.4, -0.2) is 45.5 Å². The minimum Gasteiger partial charge on any atom is -0.372 e. The lowest BCUT2D eigenvalue weighted by Crippen LogP contribution is -2.44. The van der Waals surface area contributed by atoms with E-state index in [4.69, 9.17) is 0 Å². The third kappa shape index (κ3) is 6.19. The molecule has 4 nitrogen and oxygen atoms in total. The second kappa shape index (κ2) is 9.68. The Morgan fingerprint density at radius 1 is 0.750 bits per heavy atom. The molecule has 2 aliphatic rings. The number of carbonyl (C=O) groups is 2. The van der Waals surface area contributed by atoms with Crippen LogP contribution in [0.3, 0.4) is 0 Å². The molecule has 3 rings (SSSR count). The van der Waals surface area contributed by atoms with Crippen molar-refractivity contribution in [3.05, 3.63) is 65.0 Å². The number of Topliss-reactive ketones (excluding diaryl/α,β-unsaturated/α-hetero) is 1. The molecule has 0 radical (unpaired) electrons. The van der Waals surface area contributed by atoms with Gasteiger partial charge in [-0.2, -0.15) is 0 Å². The van der Waals surface area contributed by atoms with Crippen LogP contribution in [0.2, 0.25) is 0 Å². The molecular formula is C32H46N2O2. The van der Waals surface area contributed by atoms with Gasteiger partial charge in [0.05, 0.1) is 0 Å². The summed E-state index contributed by atoms with van der Waals surface area (Å²) in [6.07, 6.45) is 9.55. The van der Waals surface area contributed by atoms with Crippen LogP contribution in [0.4, 0.5) is 0 Å². The molecule has 0 bridgehead atoms. The molecule has 4 heteroatoms. The predicted molar refractivity (Wildman–Crippen MR) is 151 cm³/mol. The van der Waals surface area contributed by atoms with Crippen molar-refractivity contribution >= 4 is 17.6 Å². The van der Waals surface area contributed by atoms with Gasteiger partial charge in [0, 0.05) is 53.3 Å². The van der Waals surface area contributed by atoms with Gasteiger partial charge in [0.2, 0.25) is 0 Å². The van der Waals surface area contributed by atoms with E-state index < -0.39 is 0 Å². The van der Waals surface area contributed by atoms with Gasteiger partial charge < -0.3 is 9.80 Å². The Morgan fingerprint density at radius 3 is 1.67 bits per heavy atom. The first-order valence-electron chi connectivity index (χ1n) is 13.3. The third-order valence-electron chi connectivity index (χ3n) is 7.82. The molecule has 0 aromatic heterocycles. The third-order valence-corrected chi connectivity index (χ3v) is 7.82. The lowest BCUT2D eigenvalue weighted by atomic mass is 9.75. The van der Waals surface area contributed by atoms with Crippen molar-refractivity contribution in [1.82, 2.24) is 9.80 Å². The number of hydrogen-bond acceptors (Lipinski definition) is 4. The Hall–Kier alpha value is -2.62. The van der Waals surface area contributed by atoms with Gasteiger partial charge in [0.15, 0.2) is 11.6 Å². The van der Waals surface area contributed by atoms with Crippen molar-refractivity contribution in [1.29, 1.82) is 0 Å². The predicted octanol–water partition coefficient (Wildman–Crippen LogP) is 7.28. The number of allylic oxidation sites excluding steroid dienone is 3. The molecule has 2 aliphatic heterocycles. The molecule has 1 aromatic carbocycles. The van der Waals surface area contributed by atoms with E-state index in [1.165, 1.54) is 0 Å². The summed E-state index contributed by atoms with van der Waals surface area (Å²) in [6, 6.07) is 7.61. The maximum atomic E-state index is 13.5. The van der Waals surface area contributed by atoms with E-state index in [0.717, 1.165) is 42.6 Å². The first-order valence-corrected chi connectivity index (χ1v) is 13.3. The van der Waals surface area contributed by atoms with Crippen molar-refractivity contribution in [3.8, 4) is 0 Å². The Morgan fingerprint density at radius 2 is 1.19 bits per heavy atom. The van der Waals surface area contributed by atoms with Gasteiger partial charge >= 0.3 is 0 Å². The Kier molecular flexibility index (Phi) is 7.52. The standard InChI is InChI=1S/C32H46N2O2/c1-29(2,3)33-19-17-31(7,8)25(21-33)27(35)16-13-23-11-14-24(15-12-23)28(36)26-22-34(30(4,5)6)20-18-32(26,9)10/h11-16,21-22H,17-20H2,1-10H3/b16-13+. The molecule has 1 aromatic rings. The smallest absolute Gasteiger partial charge is 0.191 e. The zero-order valence-corrected chi connectivity index (χ0v) is 24.2. The second-order valence-electron chi connectivity index (χ2n) is 13.7. The van der Waals surface area contributed by atoms with E-state index in [2.05, 4.69) is 91.4 Å². The van der Waals surface area contributed by atoms with Gasteiger partial charge in [-0.05, 0) is 76.9 Å². The van der Waals surface area contributed by atoms with Crippen LogP contribution in [0, 0.1) is 10.8 Å². The lowest BCUT2D eigenvalue weighted by molar-refractivity contribution is -0.112. The van der Waals surface area contributed by atoms with E-state index in [9.17, 15) is 9.59 Å². The SMILES string of the molecule is CC1(C)CCN(C(C)(C)C)C=C1C(=O)/C=C/c1ccc(C(=O)C2=CN(C(C)(C)C)CCC2(C)C)cc1. The molecule has 0 saturated heterocycles. The maximum absolute atomic E-state index is 13.5. The zero-order valence-electron chi connectivity index (χ0n) is 24.2. The van der Waals surface area contributed by atoms with E-state index in [0.29, 0.717) is 5.56 Å². The summed E-state index contributed by atoms with van der Waals surface area (Å²) >= 11 is 0. The normalized spacial score (nSPS) is 20.3. The van der Waals surface area contributed by atoms with Crippen LogP contribution in [0.1, 0.15) is 98.0 Å². The summed E-state index contributed by atoms with van der Waals surface area (Å²) in [5.74, 6) is 0.127. The minimum atomic E-state index is -0.161. The zero-order chi connectivity index (χ0) is 27.1. The molecular weight excluding hydrogens is 444 g/mol. The molecule has 36 heavy (non-hydrogen) atoms. The molecule has 0 N–H and O–H groups in total. The Balaban J connectivity index is 1.79. The van der Waals surface area contributed by atoms with Crippen LogP contribution in [-0.2, 0) is 4.79 Å². The second-order valence-corrected chi connectivity index (χ2v) is 13.7. The average molecular weight is 491 g/mol. The fourth-order valence-electron chi connectivity index (χ4n) is 4.84. The number of ketones is 2. The van der Waals surface area contributed by atoms with Gasteiger partial charge in [-0.15, -0.1) is 0 Å². The van der Waals surface area contributed by atoms with Crippen molar-refractivity contribution in [2.45, 2.75) is 93.2 Å². The fourth-order valence-corrected chi connectivity index (χ4v) is 4.84. The van der Waals surface area contributed by atoms with Gasteiger partial charge in [-0.3, -0.25) is 9.59 Å². The molecule has 0 spiro atoms. The number of benzene rings is 1. The fraction of sp³-hybridized carbons (Fsp3) is 0.562. The monoisotopic (exact) mass is 490 g/mol. The molecule has 2 heterocycles. The van der Waals surface area contributed by atoms with Crippen molar-refractivity contribution in [3.63, 3.8) is 0 Å². The highest BCUT2D eigenvalue weighted by molar-refractivity contribution is 6.10. The quantitative estimate of drug-likeness (QED) is 0.321. The first-order chi connectivity index (χ1) is 16.4. The van der Waals surface area contributed by atoms with Crippen LogP contribution in [0.5, 0.6) is 0 Å². The summed E-state index contributed by atoms with van der Waals surface area (Å²) in [4.78, 5) is 31.2. The summed E-state index contributed by atoms with van der Waals surface area (Å²) in [5.41, 5.74) is 2.96. The largest absolute Gasteiger partial charge is 0.372 e. The molecule has 0 atom stereocenters. The molecule has 0 fully saturated rings. The summed E-state index contributed by atoms with van der Waals surface area (Å²) in [7, 11) is 0. The molecule has 0 saturated carbocycles. The van der Waals surface area contributed by atoms with Gasteiger partial charge in [-0.25, -0.2) is 0 Å². The van der Waals surface area contributed by atoms with E-state index >= 15 is 0 Å². The van der Waals surface area contributed by atoms with Crippen molar-refractivity contribution < 1.29 is 9.59 Å². The minimum absolute atomic E-state index is 0.0135. The van der Waals surface area contributed by atoms with E-state index in [1.807, 2.05) is 30.3 Å². The topological polar surface area (TPSA) is 40.6 Å². The molecule has 0 unspecified atom stereocenters. The first kappa shape index (κ1) is 28.0. The van der Waals surface area contributed by atoms with Gasteiger partial charge in [-0.1, -0.05) is 58.0 Å². The lowest BCUT2D eigenvalue weighted by Gasteiger charge is -2.43. The number of nitrogens with zero attached hydrogens (tertiary/aromatic N) is 2. The van der Waals surface area contributed by atoms with E-state index in [-0.39, 0.29) is 33.5 Å². The highest BCUT2D eigenvalue weighted by Crippen LogP contribution is 2.39.